The quantitative estimate of drug-likeness (QED) is 0.482. The third-order valence-corrected chi connectivity index (χ3v) is 3.97. The molecule has 0 unspecified atom stereocenters. The Labute approximate surface area is 171 Å². The van der Waals surface area contributed by atoms with Gasteiger partial charge in [-0.25, -0.2) is 5.43 Å². The van der Waals surface area contributed by atoms with Gasteiger partial charge in [0.1, 0.15) is 0 Å². The Morgan fingerprint density at radius 2 is 1.79 bits per heavy atom. The van der Waals surface area contributed by atoms with Crippen LogP contribution in [-0.4, -0.2) is 38.8 Å². The summed E-state index contributed by atoms with van der Waals surface area (Å²) >= 11 is 3.35. The van der Waals surface area contributed by atoms with Crippen molar-refractivity contribution in [1.29, 1.82) is 0 Å². The van der Waals surface area contributed by atoms with Crippen LogP contribution in [0.2, 0.25) is 0 Å². The summed E-state index contributed by atoms with van der Waals surface area (Å²) in [6.07, 6.45) is 3.32. The van der Waals surface area contributed by atoms with Gasteiger partial charge in [-0.3, -0.25) is 9.59 Å². The number of nitrogens with zero attached hydrogens (tertiary/aromatic N) is 1. The van der Waals surface area contributed by atoms with E-state index >= 15 is 0 Å². The van der Waals surface area contributed by atoms with Crippen LogP contribution in [-0.2, 0) is 4.79 Å². The number of halogens is 1. The standard InChI is InChI=1S/C20H20BrN3O4/c1-27-17-9-8-15(11-18(17)28-2)20(26)22-13-19(25)24-23-12-16(21)10-14-6-4-3-5-7-14/h3-12H,13H2,1-2H3,(H,22,26)(H,24,25). The lowest BCUT2D eigenvalue weighted by Crippen LogP contribution is -2.34. The molecule has 0 aliphatic heterocycles. The molecular formula is C20H20BrN3O4. The highest BCUT2D eigenvalue weighted by molar-refractivity contribution is 9.12. The zero-order chi connectivity index (χ0) is 20.4. The van der Waals surface area contributed by atoms with Crippen LogP contribution >= 0.6 is 15.9 Å². The van der Waals surface area contributed by atoms with Crippen LogP contribution in [0.5, 0.6) is 11.5 Å². The van der Waals surface area contributed by atoms with Crippen molar-refractivity contribution in [2.75, 3.05) is 20.8 Å². The Morgan fingerprint density at radius 1 is 1.07 bits per heavy atom. The molecule has 0 fully saturated rings. The van der Waals surface area contributed by atoms with Crippen LogP contribution in [0.25, 0.3) is 6.08 Å². The molecule has 2 rings (SSSR count). The fourth-order valence-corrected chi connectivity index (χ4v) is 2.56. The van der Waals surface area contributed by atoms with Crippen molar-refractivity contribution in [1.82, 2.24) is 10.7 Å². The maximum atomic E-state index is 12.2. The van der Waals surface area contributed by atoms with Crippen molar-refractivity contribution in [2.24, 2.45) is 5.10 Å². The molecule has 0 aliphatic rings. The third kappa shape index (κ3) is 6.55. The second-order valence-corrected chi connectivity index (χ2v) is 6.40. The molecule has 8 heteroatoms. The molecule has 0 heterocycles. The lowest BCUT2D eigenvalue weighted by molar-refractivity contribution is -0.120. The molecule has 2 aromatic carbocycles. The van der Waals surface area contributed by atoms with Gasteiger partial charge in [0.2, 0.25) is 0 Å². The molecule has 0 saturated heterocycles. The summed E-state index contributed by atoms with van der Waals surface area (Å²) in [5.41, 5.74) is 3.69. The molecule has 0 spiro atoms. The molecule has 7 nitrogen and oxygen atoms in total. The average Bonchev–Trinajstić information content (AvgIpc) is 2.72. The van der Waals surface area contributed by atoms with E-state index in [-0.39, 0.29) is 6.54 Å². The number of carbonyl (C=O) groups is 2. The number of rotatable bonds is 8. The van der Waals surface area contributed by atoms with Crippen LogP contribution in [0.4, 0.5) is 0 Å². The zero-order valence-electron chi connectivity index (χ0n) is 15.4. The van der Waals surface area contributed by atoms with Crippen LogP contribution in [0.3, 0.4) is 0 Å². The number of carbonyl (C=O) groups excluding carboxylic acids is 2. The molecule has 28 heavy (non-hydrogen) atoms. The van der Waals surface area contributed by atoms with Crippen molar-refractivity contribution >= 4 is 40.0 Å². The molecule has 2 aromatic rings. The Balaban J connectivity index is 1.83. The first-order valence-electron chi connectivity index (χ1n) is 8.28. The highest BCUT2D eigenvalue weighted by Gasteiger charge is 2.11. The number of methoxy groups -OCH3 is 2. The van der Waals surface area contributed by atoms with E-state index in [1.165, 1.54) is 26.5 Å². The molecular weight excluding hydrogens is 426 g/mol. The largest absolute Gasteiger partial charge is 0.493 e. The van der Waals surface area contributed by atoms with Gasteiger partial charge in [0.05, 0.1) is 27.0 Å². The molecule has 0 atom stereocenters. The number of hydrogen-bond acceptors (Lipinski definition) is 5. The van der Waals surface area contributed by atoms with Gasteiger partial charge in [-0.05, 0) is 45.8 Å². The predicted octanol–water partition coefficient (Wildman–Crippen LogP) is 2.97. The second kappa shape index (κ2) is 10.9. The van der Waals surface area contributed by atoms with E-state index in [1.54, 1.807) is 12.1 Å². The van der Waals surface area contributed by atoms with Crippen LogP contribution in [0.15, 0.2) is 58.1 Å². The van der Waals surface area contributed by atoms with Crippen LogP contribution in [0.1, 0.15) is 15.9 Å². The van der Waals surface area contributed by atoms with Gasteiger partial charge in [-0.2, -0.15) is 5.10 Å². The number of hydrazone groups is 1. The molecule has 0 bridgehead atoms. The summed E-state index contributed by atoms with van der Waals surface area (Å²) < 4.78 is 11.0. The Morgan fingerprint density at radius 3 is 2.46 bits per heavy atom. The topological polar surface area (TPSA) is 89.0 Å². The molecule has 2 N–H and O–H groups in total. The normalized spacial score (nSPS) is 11.2. The second-order valence-electron chi connectivity index (χ2n) is 5.49. The van der Waals surface area contributed by atoms with Crippen LogP contribution in [0, 0.1) is 0 Å². The number of hydrogen-bond donors (Lipinski definition) is 2. The monoisotopic (exact) mass is 445 g/mol. The van der Waals surface area contributed by atoms with Gasteiger partial charge in [0.15, 0.2) is 11.5 Å². The molecule has 0 saturated carbocycles. The summed E-state index contributed by atoms with van der Waals surface area (Å²) in [6, 6.07) is 14.4. The Kier molecular flexibility index (Phi) is 8.23. The smallest absolute Gasteiger partial charge is 0.259 e. The fraction of sp³-hybridized carbons (Fsp3) is 0.150. The Bertz CT molecular complexity index is 882. The van der Waals surface area contributed by atoms with Gasteiger partial charge in [0.25, 0.3) is 11.8 Å². The van der Waals surface area contributed by atoms with Crippen molar-refractivity contribution in [3.05, 3.63) is 64.1 Å². The number of ether oxygens (including phenoxy) is 2. The van der Waals surface area contributed by atoms with E-state index in [1.807, 2.05) is 36.4 Å². The van der Waals surface area contributed by atoms with E-state index < -0.39 is 11.8 Å². The zero-order valence-corrected chi connectivity index (χ0v) is 17.0. The highest BCUT2D eigenvalue weighted by Crippen LogP contribution is 2.27. The third-order valence-electron chi connectivity index (χ3n) is 3.54. The van der Waals surface area contributed by atoms with E-state index in [0.717, 1.165) is 5.56 Å². The lowest BCUT2D eigenvalue weighted by Gasteiger charge is -2.09. The van der Waals surface area contributed by atoms with Gasteiger partial charge in [-0.1, -0.05) is 30.3 Å². The molecule has 0 radical (unpaired) electrons. The predicted molar refractivity (Wildman–Crippen MR) is 112 cm³/mol. The maximum absolute atomic E-state index is 12.2. The van der Waals surface area contributed by atoms with Crippen LogP contribution < -0.4 is 20.2 Å². The van der Waals surface area contributed by atoms with E-state index in [9.17, 15) is 9.59 Å². The molecule has 146 valence electrons. The summed E-state index contributed by atoms with van der Waals surface area (Å²) in [7, 11) is 2.99. The number of nitrogens with one attached hydrogen (secondary N) is 2. The minimum atomic E-state index is -0.454. The van der Waals surface area contributed by atoms with Crippen molar-refractivity contribution in [3.63, 3.8) is 0 Å². The van der Waals surface area contributed by atoms with Gasteiger partial charge >= 0.3 is 0 Å². The van der Waals surface area contributed by atoms with Gasteiger partial charge in [-0.15, -0.1) is 0 Å². The minimum Gasteiger partial charge on any atom is -0.493 e. The van der Waals surface area contributed by atoms with E-state index in [0.29, 0.717) is 21.5 Å². The number of benzene rings is 2. The summed E-state index contributed by atoms with van der Waals surface area (Å²) in [6.45, 7) is -0.218. The van der Waals surface area contributed by atoms with E-state index in [2.05, 4.69) is 31.8 Å². The molecule has 0 aliphatic carbocycles. The summed E-state index contributed by atoms with van der Waals surface area (Å²) in [5, 5.41) is 6.36. The minimum absolute atomic E-state index is 0.218. The van der Waals surface area contributed by atoms with Crippen molar-refractivity contribution in [3.8, 4) is 11.5 Å². The summed E-state index contributed by atoms with van der Waals surface area (Å²) in [4.78, 5) is 24.0. The average molecular weight is 446 g/mol. The lowest BCUT2D eigenvalue weighted by atomic mass is 10.2. The number of allylic oxidation sites excluding steroid dienone is 1. The van der Waals surface area contributed by atoms with E-state index in [4.69, 9.17) is 9.47 Å². The molecule has 2 amide bonds. The van der Waals surface area contributed by atoms with Gasteiger partial charge in [0, 0.05) is 10.0 Å². The SMILES string of the molecule is COc1ccc(C(=O)NCC(=O)NN=CC(Br)=Cc2ccccc2)cc1OC. The summed E-state index contributed by atoms with van der Waals surface area (Å²) in [5.74, 6) is 0.0786. The fourth-order valence-electron chi connectivity index (χ4n) is 2.19. The molecule has 0 aromatic heterocycles. The highest BCUT2D eigenvalue weighted by atomic mass is 79.9. The maximum Gasteiger partial charge on any atom is 0.259 e. The first kappa shape index (κ1) is 21.2. The van der Waals surface area contributed by atoms with Crippen molar-refractivity contribution < 1.29 is 19.1 Å². The van der Waals surface area contributed by atoms with Crippen molar-refractivity contribution in [2.45, 2.75) is 0 Å². The Hall–Kier alpha value is -3.13. The van der Waals surface area contributed by atoms with Gasteiger partial charge < -0.3 is 14.8 Å². The first-order chi connectivity index (χ1) is 13.5. The first-order valence-corrected chi connectivity index (χ1v) is 9.07. The number of amides is 2.